The molecule has 0 radical (unpaired) electrons. The molecule has 0 fully saturated rings. The van der Waals surface area contributed by atoms with Gasteiger partial charge in [0.2, 0.25) is 0 Å². The maximum absolute atomic E-state index is 12.8. The molecule has 0 aliphatic heterocycles. The number of aromatic nitrogens is 6. The summed E-state index contributed by atoms with van der Waals surface area (Å²) < 4.78 is 4.57. The van der Waals surface area contributed by atoms with Gasteiger partial charge in [-0.2, -0.15) is 20.0 Å². The summed E-state index contributed by atoms with van der Waals surface area (Å²) in [5.41, 5.74) is 2.45. The van der Waals surface area contributed by atoms with Crippen molar-refractivity contribution in [2.24, 2.45) is 5.10 Å². The third-order valence-corrected chi connectivity index (χ3v) is 5.02. The lowest BCUT2D eigenvalue weighted by molar-refractivity contribution is 0.569. The monoisotopic (exact) mass is 409 g/mol. The van der Waals surface area contributed by atoms with E-state index in [9.17, 15) is 4.79 Å². The average Bonchev–Trinajstić information content (AvgIpc) is 3.28. The van der Waals surface area contributed by atoms with Gasteiger partial charge in [-0.05, 0) is 25.5 Å². The molecule has 4 rings (SSSR count). The van der Waals surface area contributed by atoms with Crippen LogP contribution < -0.4 is 5.56 Å². The molecule has 0 saturated carbocycles. The Balaban J connectivity index is 1.69. The minimum atomic E-state index is -0.305. The van der Waals surface area contributed by atoms with Crippen molar-refractivity contribution in [3.63, 3.8) is 0 Å². The fraction of sp³-hybridized carbons (Fsp3) is 0.250. The summed E-state index contributed by atoms with van der Waals surface area (Å²) in [6.45, 7) is 4.72. The largest absolute Gasteiger partial charge is 0.285 e. The number of halogens is 1. The van der Waals surface area contributed by atoms with Gasteiger partial charge in [-0.3, -0.25) is 9.48 Å². The molecule has 0 saturated heterocycles. The van der Waals surface area contributed by atoms with Crippen molar-refractivity contribution in [3.8, 4) is 5.69 Å². The van der Waals surface area contributed by atoms with Gasteiger partial charge in [-0.25, -0.2) is 9.67 Å². The van der Waals surface area contributed by atoms with Crippen LogP contribution in [0.2, 0.25) is 5.15 Å². The predicted octanol–water partition coefficient (Wildman–Crippen LogP) is 3.42. The first kappa shape index (κ1) is 19.1. The first-order valence-electron chi connectivity index (χ1n) is 9.38. The number of rotatable bonds is 6. The van der Waals surface area contributed by atoms with Gasteiger partial charge in [-0.15, -0.1) is 0 Å². The van der Waals surface area contributed by atoms with E-state index in [1.807, 2.05) is 37.3 Å². The van der Waals surface area contributed by atoms with Gasteiger partial charge in [0.15, 0.2) is 5.65 Å². The van der Waals surface area contributed by atoms with E-state index in [0.717, 1.165) is 30.8 Å². The number of hydrogen-bond donors (Lipinski definition) is 0. The molecule has 0 N–H and O–H groups in total. The van der Waals surface area contributed by atoms with Crippen LogP contribution in [0.4, 0.5) is 0 Å². The van der Waals surface area contributed by atoms with E-state index in [0.29, 0.717) is 21.7 Å². The molecule has 148 valence electrons. The predicted molar refractivity (Wildman–Crippen MR) is 113 cm³/mol. The van der Waals surface area contributed by atoms with Gasteiger partial charge in [0.25, 0.3) is 5.56 Å². The van der Waals surface area contributed by atoms with Crippen molar-refractivity contribution in [2.75, 3.05) is 0 Å². The van der Waals surface area contributed by atoms with Crippen molar-refractivity contribution in [3.05, 3.63) is 69.6 Å². The van der Waals surface area contributed by atoms with Crippen molar-refractivity contribution in [2.45, 2.75) is 33.2 Å². The van der Waals surface area contributed by atoms with Crippen molar-refractivity contribution < 1.29 is 0 Å². The third kappa shape index (κ3) is 3.58. The second-order valence-electron chi connectivity index (χ2n) is 6.63. The van der Waals surface area contributed by atoms with Crippen LogP contribution in [0.1, 0.15) is 31.0 Å². The molecule has 8 nitrogen and oxygen atoms in total. The van der Waals surface area contributed by atoms with E-state index in [2.05, 4.69) is 27.2 Å². The highest BCUT2D eigenvalue weighted by atomic mass is 35.5. The Morgan fingerprint density at radius 2 is 2.03 bits per heavy atom. The number of unbranched alkanes of at least 4 members (excludes halogenated alkanes) is 1. The van der Waals surface area contributed by atoms with Crippen molar-refractivity contribution in [1.29, 1.82) is 0 Å². The Morgan fingerprint density at radius 3 is 2.79 bits per heavy atom. The van der Waals surface area contributed by atoms with Crippen LogP contribution in [-0.4, -0.2) is 35.4 Å². The Bertz CT molecular complexity index is 1240. The molecule has 4 aromatic rings. The minimum absolute atomic E-state index is 0.305. The zero-order chi connectivity index (χ0) is 20.4. The lowest BCUT2D eigenvalue weighted by Crippen LogP contribution is -2.17. The molecule has 0 atom stereocenters. The summed E-state index contributed by atoms with van der Waals surface area (Å²) in [6, 6.07) is 9.53. The van der Waals surface area contributed by atoms with Gasteiger partial charge in [0, 0.05) is 6.54 Å². The molecule has 9 heteroatoms. The topological polar surface area (TPSA) is 82.9 Å². The average molecular weight is 410 g/mol. The normalized spacial score (nSPS) is 11.7. The van der Waals surface area contributed by atoms with Crippen LogP contribution in [0.25, 0.3) is 16.7 Å². The summed E-state index contributed by atoms with van der Waals surface area (Å²) in [4.78, 5) is 17.2. The number of para-hydroxylation sites is 1. The molecule has 29 heavy (non-hydrogen) atoms. The quantitative estimate of drug-likeness (QED) is 0.457. The smallest absolute Gasteiger partial charge is 0.266 e. The zero-order valence-corrected chi connectivity index (χ0v) is 16.9. The number of nitrogens with zero attached hydrogens (tertiary/aromatic N) is 7. The van der Waals surface area contributed by atoms with E-state index in [-0.39, 0.29) is 5.56 Å². The Kier molecular flexibility index (Phi) is 5.26. The molecular formula is C20H20ClN7O. The SMILES string of the molecule is CCCCn1nc(C)c(/C=N\n2cnc3c(cnn3-c3ccccc3)c2=O)c1Cl. The van der Waals surface area contributed by atoms with Crippen LogP contribution in [0, 0.1) is 6.92 Å². The minimum Gasteiger partial charge on any atom is -0.266 e. The van der Waals surface area contributed by atoms with Gasteiger partial charge < -0.3 is 0 Å². The molecule has 3 heterocycles. The molecule has 0 unspecified atom stereocenters. The second-order valence-corrected chi connectivity index (χ2v) is 6.99. The van der Waals surface area contributed by atoms with Crippen LogP contribution in [0.15, 0.2) is 52.8 Å². The third-order valence-electron chi connectivity index (χ3n) is 4.62. The summed E-state index contributed by atoms with van der Waals surface area (Å²) in [6.07, 6.45) is 6.47. The van der Waals surface area contributed by atoms with E-state index >= 15 is 0 Å². The van der Waals surface area contributed by atoms with Crippen LogP contribution in [0.3, 0.4) is 0 Å². The Hall–Kier alpha value is -3.26. The molecule has 0 aliphatic carbocycles. The lowest BCUT2D eigenvalue weighted by atomic mass is 10.3. The van der Waals surface area contributed by atoms with Crippen molar-refractivity contribution >= 4 is 28.8 Å². The van der Waals surface area contributed by atoms with E-state index < -0.39 is 0 Å². The molecule has 1 aromatic carbocycles. The van der Waals surface area contributed by atoms with Crippen LogP contribution >= 0.6 is 11.6 Å². The molecule has 0 amide bonds. The summed E-state index contributed by atoms with van der Waals surface area (Å²) in [7, 11) is 0. The molecule has 0 bridgehead atoms. The summed E-state index contributed by atoms with van der Waals surface area (Å²) in [5, 5.41) is 13.9. The molecule has 3 aromatic heterocycles. The fourth-order valence-electron chi connectivity index (χ4n) is 3.03. The van der Waals surface area contributed by atoms with E-state index in [4.69, 9.17) is 11.6 Å². The number of benzene rings is 1. The number of hydrogen-bond acceptors (Lipinski definition) is 5. The fourth-order valence-corrected chi connectivity index (χ4v) is 3.34. The Morgan fingerprint density at radius 1 is 1.24 bits per heavy atom. The highest BCUT2D eigenvalue weighted by Gasteiger charge is 2.13. The van der Waals surface area contributed by atoms with E-state index in [1.165, 1.54) is 17.2 Å². The molecule has 0 spiro atoms. The van der Waals surface area contributed by atoms with Gasteiger partial charge >= 0.3 is 0 Å². The van der Waals surface area contributed by atoms with Gasteiger partial charge in [-0.1, -0.05) is 43.1 Å². The maximum atomic E-state index is 12.8. The summed E-state index contributed by atoms with van der Waals surface area (Å²) in [5.74, 6) is 0. The van der Waals surface area contributed by atoms with Crippen LogP contribution in [-0.2, 0) is 6.54 Å². The van der Waals surface area contributed by atoms with Gasteiger partial charge in [0.05, 0.1) is 29.4 Å². The second kappa shape index (κ2) is 8.00. The highest BCUT2D eigenvalue weighted by molar-refractivity contribution is 6.32. The first-order valence-corrected chi connectivity index (χ1v) is 9.76. The Labute approximate surface area is 172 Å². The zero-order valence-electron chi connectivity index (χ0n) is 16.2. The summed E-state index contributed by atoms with van der Waals surface area (Å²) >= 11 is 6.43. The van der Waals surface area contributed by atoms with Gasteiger partial charge in [0.1, 0.15) is 16.9 Å². The molecule has 0 aliphatic rings. The van der Waals surface area contributed by atoms with E-state index in [1.54, 1.807) is 15.6 Å². The first-order chi connectivity index (χ1) is 14.1. The van der Waals surface area contributed by atoms with Crippen LogP contribution in [0.5, 0.6) is 0 Å². The number of aryl methyl sites for hydroxylation is 2. The number of fused-ring (bicyclic) bond motifs is 1. The molecular weight excluding hydrogens is 390 g/mol. The lowest BCUT2D eigenvalue weighted by Gasteiger charge is -2.03. The van der Waals surface area contributed by atoms with Crippen molar-refractivity contribution in [1.82, 2.24) is 29.2 Å². The highest BCUT2D eigenvalue weighted by Crippen LogP contribution is 2.18. The maximum Gasteiger partial charge on any atom is 0.285 e. The standard InChI is InChI=1S/C20H20ClN7O/c1-3-4-10-26-18(21)16(14(2)25-26)11-23-27-13-22-19-17(20(27)29)12-24-28(19)15-8-6-5-7-9-15/h5-9,11-13H,3-4,10H2,1-2H3/b23-11-.